The molecule has 25 heavy (non-hydrogen) atoms. The van der Waals surface area contributed by atoms with Crippen LogP contribution in [0.3, 0.4) is 0 Å². The maximum atomic E-state index is 12.5. The van der Waals surface area contributed by atoms with Gasteiger partial charge in [-0.05, 0) is 56.2 Å². The van der Waals surface area contributed by atoms with Crippen molar-refractivity contribution >= 4 is 22.9 Å². The van der Waals surface area contributed by atoms with Crippen LogP contribution in [0.15, 0.2) is 47.3 Å². The Morgan fingerprint density at radius 2 is 1.80 bits per heavy atom. The standard InChI is InChI=1S/C20H20N2O2S/c1-13-8-14(2)19(15(3)9-13)22-20(23)16-4-6-18(7-5-16)24-10-17-11-25-12-21-17/h4-9,11-12H,10H2,1-3H3,(H,22,23). The molecule has 0 saturated heterocycles. The fourth-order valence-electron chi connectivity index (χ4n) is 2.73. The average Bonchev–Trinajstić information content (AvgIpc) is 3.10. The van der Waals surface area contributed by atoms with Crippen molar-refractivity contribution < 1.29 is 9.53 Å². The number of thiazole rings is 1. The highest BCUT2D eigenvalue weighted by Crippen LogP contribution is 2.23. The number of hydrogen-bond acceptors (Lipinski definition) is 4. The lowest BCUT2D eigenvalue weighted by atomic mass is 10.0. The van der Waals surface area contributed by atoms with Crippen LogP contribution in [0.4, 0.5) is 5.69 Å². The van der Waals surface area contributed by atoms with Crippen LogP contribution < -0.4 is 10.1 Å². The number of aromatic nitrogens is 1. The summed E-state index contributed by atoms with van der Waals surface area (Å²) in [6.45, 7) is 6.49. The van der Waals surface area contributed by atoms with Crippen LogP contribution in [-0.2, 0) is 6.61 Å². The van der Waals surface area contributed by atoms with E-state index in [0.717, 1.165) is 22.5 Å². The van der Waals surface area contributed by atoms with Gasteiger partial charge in [-0.1, -0.05) is 17.7 Å². The topological polar surface area (TPSA) is 51.2 Å². The lowest BCUT2D eigenvalue weighted by Gasteiger charge is -2.13. The Morgan fingerprint density at radius 3 is 2.40 bits per heavy atom. The predicted octanol–water partition coefficient (Wildman–Crippen LogP) is 4.90. The van der Waals surface area contributed by atoms with E-state index in [0.29, 0.717) is 17.9 Å². The van der Waals surface area contributed by atoms with Crippen LogP contribution in [0, 0.1) is 20.8 Å². The smallest absolute Gasteiger partial charge is 0.255 e. The van der Waals surface area contributed by atoms with Gasteiger partial charge in [0.25, 0.3) is 5.91 Å². The first-order chi connectivity index (χ1) is 12.0. The molecule has 1 amide bonds. The number of benzene rings is 2. The number of carbonyl (C=O) groups excluding carboxylic acids is 1. The van der Waals surface area contributed by atoms with Crippen molar-refractivity contribution in [2.45, 2.75) is 27.4 Å². The number of aryl methyl sites for hydroxylation is 3. The highest BCUT2D eigenvalue weighted by atomic mass is 32.1. The number of rotatable bonds is 5. The Morgan fingerprint density at radius 1 is 1.12 bits per heavy atom. The van der Waals surface area contributed by atoms with Crippen molar-refractivity contribution in [2.75, 3.05) is 5.32 Å². The first kappa shape index (κ1) is 17.2. The molecule has 128 valence electrons. The Kier molecular flexibility index (Phi) is 5.14. The van der Waals surface area contributed by atoms with E-state index in [1.165, 1.54) is 5.56 Å². The largest absolute Gasteiger partial charge is 0.487 e. The van der Waals surface area contributed by atoms with Crippen LogP contribution in [0.5, 0.6) is 5.75 Å². The van der Waals surface area contributed by atoms with Gasteiger partial charge in [0.2, 0.25) is 0 Å². The van der Waals surface area contributed by atoms with Gasteiger partial charge in [-0.3, -0.25) is 4.79 Å². The molecule has 0 aliphatic heterocycles. The highest BCUT2D eigenvalue weighted by molar-refractivity contribution is 7.07. The van der Waals surface area contributed by atoms with E-state index in [-0.39, 0.29) is 5.91 Å². The number of hydrogen-bond donors (Lipinski definition) is 1. The highest BCUT2D eigenvalue weighted by Gasteiger charge is 2.10. The molecule has 0 radical (unpaired) electrons. The molecule has 0 atom stereocenters. The summed E-state index contributed by atoms with van der Waals surface area (Å²) < 4.78 is 5.67. The second kappa shape index (κ2) is 7.49. The second-order valence-electron chi connectivity index (χ2n) is 6.02. The van der Waals surface area contributed by atoms with Crippen molar-refractivity contribution in [3.8, 4) is 5.75 Å². The summed E-state index contributed by atoms with van der Waals surface area (Å²) in [5.74, 6) is 0.591. The van der Waals surface area contributed by atoms with Gasteiger partial charge in [-0.25, -0.2) is 4.98 Å². The van der Waals surface area contributed by atoms with Crippen LogP contribution in [-0.4, -0.2) is 10.9 Å². The molecular weight excluding hydrogens is 332 g/mol. The SMILES string of the molecule is Cc1cc(C)c(NC(=O)c2ccc(OCc3cscn3)cc2)c(C)c1. The molecule has 1 aromatic heterocycles. The zero-order chi connectivity index (χ0) is 17.8. The van der Waals surface area contributed by atoms with Gasteiger partial charge < -0.3 is 10.1 Å². The second-order valence-corrected chi connectivity index (χ2v) is 6.74. The van der Waals surface area contributed by atoms with E-state index in [9.17, 15) is 4.79 Å². The summed E-state index contributed by atoms with van der Waals surface area (Å²) in [6.07, 6.45) is 0. The molecule has 1 heterocycles. The number of carbonyl (C=O) groups is 1. The van der Waals surface area contributed by atoms with Crippen LogP contribution >= 0.6 is 11.3 Å². The van der Waals surface area contributed by atoms with Crippen molar-refractivity contribution in [1.29, 1.82) is 0 Å². The summed E-state index contributed by atoms with van der Waals surface area (Å²) in [6, 6.07) is 11.3. The zero-order valence-electron chi connectivity index (χ0n) is 14.5. The Balaban J connectivity index is 1.66. The average molecular weight is 352 g/mol. The maximum absolute atomic E-state index is 12.5. The third kappa shape index (κ3) is 4.25. The van der Waals surface area contributed by atoms with E-state index in [4.69, 9.17) is 4.74 Å². The zero-order valence-corrected chi connectivity index (χ0v) is 15.3. The van der Waals surface area contributed by atoms with Crippen molar-refractivity contribution in [1.82, 2.24) is 4.98 Å². The Bertz CT molecular complexity index is 848. The molecule has 0 aliphatic carbocycles. The number of amides is 1. The third-order valence-electron chi connectivity index (χ3n) is 3.90. The van der Waals surface area contributed by atoms with Gasteiger partial charge in [-0.2, -0.15) is 0 Å². The van der Waals surface area contributed by atoms with E-state index in [2.05, 4.69) is 29.4 Å². The third-order valence-corrected chi connectivity index (χ3v) is 4.54. The maximum Gasteiger partial charge on any atom is 0.255 e. The molecule has 2 aromatic carbocycles. The molecule has 0 unspecified atom stereocenters. The minimum absolute atomic E-state index is 0.124. The number of nitrogens with zero attached hydrogens (tertiary/aromatic N) is 1. The molecule has 0 bridgehead atoms. The summed E-state index contributed by atoms with van der Waals surface area (Å²) in [4.78, 5) is 16.7. The number of anilines is 1. The van der Waals surface area contributed by atoms with E-state index in [1.54, 1.807) is 41.1 Å². The van der Waals surface area contributed by atoms with Gasteiger partial charge in [0, 0.05) is 16.6 Å². The molecular formula is C20H20N2O2S. The Hall–Kier alpha value is -2.66. The first-order valence-electron chi connectivity index (χ1n) is 8.02. The molecule has 0 saturated carbocycles. The van der Waals surface area contributed by atoms with Gasteiger partial charge >= 0.3 is 0 Å². The van der Waals surface area contributed by atoms with Crippen LogP contribution in [0.1, 0.15) is 32.7 Å². The quantitative estimate of drug-likeness (QED) is 0.710. The normalized spacial score (nSPS) is 10.5. The molecule has 1 N–H and O–H groups in total. The minimum atomic E-state index is -0.124. The predicted molar refractivity (Wildman–Crippen MR) is 101 cm³/mol. The van der Waals surface area contributed by atoms with Gasteiger partial charge in [0.05, 0.1) is 11.2 Å². The van der Waals surface area contributed by atoms with E-state index < -0.39 is 0 Å². The lowest BCUT2D eigenvalue weighted by molar-refractivity contribution is 0.102. The first-order valence-corrected chi connectivity index (χ1v) is 8.96. The van der Waals surface area contributed by atoms with Gasteiger partial charge in [0.1, 0.15) is 12.4 Å². The molecule has 3 rings (SSSR count). The van der Waals surface area contributed by atoms with Crippen molar-refractivity contribution in [3.05, 3.63) is 75.2 Å². The fourth-order valence-corrected chi connectivity index (χ4v) is 3.27. The molecule has 0 spiro atoms. The van der Waals surface area contributed by atoms with Crippen molar-refractivity contribution in [3.63, 3.8) is 0 Å². The summed E-state index contributed by atoms with van der Waals surface area (Å²) in [5.41, 5.74) is 7.47. The molecule has 0 aliphatic rings. The van der Waals surface area contributed by atoms with E-state index >= 15 is 0 Å². The van der Waals surface area contributed by atoms with Crippen molar-refractivity contribution in [2.24, 2.45) is 0 Å². The van der Waals surface area contributed by atoms with Crippen LogP contribution in [0.25, 0.3) is 0 Å². The van der Waals surface area contributed by atoms with Gasteiger partial charge in [-0.15, -0.1) is 11.3 Å². The molecule has 3 aromatic rings. The molecule has 0 fully saturated rings. The van der Waals surface area contributed by atoms with Crippen LogP contribution in [0.2, 0.25) is 0 Å². The monoisotopic (exact) mass is 352 g/mol. The Labute approximate surface area is 151 Å². The summed E-state index contributed by atoms with van der Waals surface area (Å²) in [5, 5.41) is 4.96. The summed E-state index contributed by atoms with van der Waals surface area (Å²) in [7, 11) is 0. The van der Waals surface area contributed by atoms with Gasteiger partial charge in [0.15, 0.2) is 0 Å². The number of nitrogens with one attached hydrogen (secondary N) is 1. The molecule has 4 nitrogen and oxygen atoms in total. The summed E-state index contributed by atoms with van der Waals surface area (Å²) >= 11 is 1.54. The molecule has 5 heteroatoms. The lowest BCUT2D eigenvalue weighted by Crippen LogP contribution is -2.14. The van der Waals surface area contributed by atoms with E-state index in [1.807, 2.05) is 19.2 Å². The fraction of sp³-hybridized carbons (Fsp3) is 0.200. The minimum Gasteiger partial charge on any atom is -0.487 e. The number of ether oxygens (including phenoxy) is 1.